The van der Waals surface area contributed by atoms with Crippen molar-refractivity contribution >= 4 is 11.8 Å². The molecule has 1 atom stereocenters. The molecule has 1 N–H and O–H groups in total. The highest BCUT2D eigenvalue weighted by Crippen LogP contribution is 2.31. The van der Waals surface area contributed by atoms with Gasteiger partial charge >= 0.3 is 6.18 Å². The smallest absolute Gasteiger partial charge is 0.392 e. The zero-order valence-electron chi connectivity index (χ0n) is 11.2. The first-order valence-corrected chi connectivity index (χ1v) is 7.96. The van der Waals surface area contributed by atoms with Crippen LogP contribution < -0.4 is 0 Å². The molecule has 0 saturated heterocycles. The van der Waals surface area contributed by atoms with E-state index in [4.69, 9.17) is 0 Å². The molecule has 1 unspecified atom stereocenters. The SMILES string of the molecule is OC(CSC1CCCC1)Cc1ccc(C(F)(F)F)cc1. The summed E-state index contributed by atoms with van der Waals surface area (Å²) >= 11 is 1.79. The Morgan fingerprint density at radius 2 is 1.75 bits per heavy atom. The van der Waals surface area contributed by atoms with Gasteiger partial charge in [0.1, 0.15) is 0 Å². The Labute approximate surface area is 121 Å². The summed E-state index contributed by atoms with van der Waals surface area (Å²) < 4.78 is 37.3. The molecule has 0 radical (unpaired) electrons. The van der Waals surface area contributed by atoms with Crippen LogP contribution in [0.25, 0.3) is 0 Å². The minimum Gasteiger partial charge on any atom is -0.392 e. The first-order valence-electron chi connectivity index (χ1n) is 6.91. The molecule has 20 heavy (non-hydrogen) atoms. The van der Waals surface area contributed by atoms with E-state index >= 15 is 0 Å². The van der Waals surface area contributed by atoms with Crippen LogP contribution in [0.15, 0.2) is 24.3 Å². The van der Waals surface area contributed by atoms with E-state index in [1.165, 1.54) is 37.8 Å². The third-order valence-electron chi connectivity index (χ3n) is 3.58. The highest BCUT2D eigenvalue weighted by Gasteiger charge is 2.30. The molecular weight excluding hydrogens is 285 g/mol. The Hall–Kier alpha value is -0.680. The zero-order valence-corrected chi connectivity index (χ0v) is 12.0. The van der Waals surface area contributed by atoms with Crippen molar-refractivity contribution in [3.8, 4) is 0 Å². The van der Waals surface area contributed by atoms with Crippen LogP contribution in [0.4, 0.5) is 13.2 Å². The molecule has 5 heteroatoms. The average Bonchev–Trinajstić information content (AvgIpc) is 2.89. The number of aliphatic hydroxyl groups is 1. The molecule has 0 spiro atoms. The lowest BCUT2D eigenvalue weighted by molar-refractivity contribution is -0.137. The second-order valence-electron chi connectivity index (χ2n) is 5.29. The molecule has 2 rings (SSSR count). The first-order chi connectivity index (χ1) is 9.45. The van der Waals surface area contributed by atoms with E-state index in [1.54, 1.807) is 11.8 Å². The Bertz CT molecular complexity index is 410. The maximum atomic E-state index is 12.4. The normalized spacial score (nSPS) is 18.4. The molecule has 0 amide bonds. The van der Waals surface area contributed by atoms with Crippen LogP contribution in [0.5, 0.6) is 0 Å². The average molecular weight is 304 g/mol. The van der Waals surface area contributed by atoms with Gasteiger partial charge in [0.05, 0.1) is 11.7 Å². The van der Waals surface area contributed by atoms with E-state index in [0.29, 0.717) is 17.4 Å². The Morgan fingerprint density at radius 3 is 2.30 bits per heavy atom. The largest absolute Gasteiger partial charge is 0.416 e. The topological polar surface area (TPSA) is 20.2 Å². The Morgan fingerprint density at radius 1 is 1.15 bits per heavy atom. The van der Waals surface area contributed by atoms with Crippen molar-refractivity contribution in [3.63, 3.8) is 0 Å². The molecule has 1 fully saturated rings. The van der Waals surface area contributed by atoms with Gasteiger partial charge in [-0.1, -0.05) is 25.0 Å². The lowest BCUT2D eigenvalue weighted by Crippen LogP contribution is -2.15. The summed E-state index contributed by atoms with van der Waals surface area (Å²) in [5.41, 5.74) is 0.105. The van der Waals surface area contributed by atoms with Gasteiger partial charge in [0.15, 0.2) is 0 Å². The van der Waals surface area contributed by atoms with Crippen molar-refractivity contribution in [2.45, 2.75) is 49.6 Å². The monoisotopic (exact) mass is 304 g/mol. The quantitative estimate of drug-likeness (QED) is 0.876. The predicted octanol–water partition coefficient (Wildman–Crippen LogP) is 4.28. The first kappa shape index (κ1) is 15.7. The number of halogens is 3. The van der Waals surface area contributed by atoms with E-state index in [0.717, 1.165) is 17.7 Å². The minimum atomic E-state index is -4.30. The summed E-state index contributed by atoms with van der Waals surface area (Å²) in [5, 5.41) is 10.6. The number of thioether (sulfide) groups is 1. The van der Waals surface area contributed by atoms with Gasteiger partial charge in [-0.15, -0.1) is 0 Å². The van der Waals surface area contributed by atoms with E-state index in [9.17, 15) is 18.3 Å². The summed E-state index contributed by atoms with van der Waals surface area (Å²) in [6.45, 7) is 0. The van der Waals surface area contributed by atoms with Crippen molar-refractivity contribution in [3.05, 3.63) is 35.4 Å². The summed E-state index contributed by atoms with van der Waals surface area (Å²) in [6.07, 6.45) is 0.611. The van der Waals surface area contributed by atoms with Gasteiger partial charge in [-0.3, -0.25) is 0 Å². The van der Waals surface area contributed by atoms with Crippen LogP contribution in [-0.2, 0) is 12.6 Å². The Balaban J connectivity index is 1.80. The molecule has 1 aliphatic carbocycles. The number of alkyl halides is 3. The molecule has 0 heterocycles. The Kier molecular flexibility index (Phi) is 5.38. The van der Waals surface area contributed by atoms with Crippen LogP contribution in [-0.4, -0.2) is 22.2 Å². The van der Waals surface area contributed by atoms with E-state index in [2.05, 4.69) is 0 Å². The van der Waals surface area contributed by atoms with Gasteiger partial charge in [-0.2, -0.15) is 24.9 Å². The molecule has 0 bridgehead atoms. The summed E-state index contributed by atoms with van der Waals surface area (Å²) in [7, 11) is 0. The highest BCUT2D eigenvalue weighted by atomic mass is 32.2. The molecule has 112 valence electrons. The van der Waals surface area contributed by atoms with Crippen LogP contribution in [0.2, 0.25) is 0 Å². The maximum absolute atomic E-state index is 12.4. The fraction of sp³-hybridized carbons (Fsp3) is 0.600. The van der Waals surface area contributed by atoms with Gasteiger partial charge in [0.25, 0.3) is 0 Å². The van der Waals surface area contributed by atoms with Crippen molar-refractivity contribution in [1.82, 2.24) is 0 Å². The summed E-state index contributed by atoms with van der Waals surface area (Å²) in [6, 6.07) is 5.05. The summed E-state index contributed by atoms with van der Waals surface area (Å²) in [5.74, 6) is 0.658. The second-order valence-corrected chi connectivity index (χ2v) is 6.63. The van der Waals surface area contributed by atoms with Crippen molar-refractivity contribution in [1.29, 1.82) is 0 Å². The molecule has 1 nitrogen and oxygen atoms in total. The maximum Gasteiger partial charge on any atom is 0.416 e. The molecule has 1 aromatic rings. The number of hydrogen-bond acceptors (Lipinski definition) is 2. The molecule has 1 saturated carbocycles. The molecule has 1 aromatic carbocycles. The van der Waals surface area contributed by atoms with Crippen LogP contribution in [0, 0.1) is 0 Å². The van der Waals surface area contributed by atoms with Gasteiger partial charge < -0.3 is 5.11 Å². The van der Waals surface area contributed by atoms with Gasteiger partial charge in [-0.25, -0.2) is 0 Å². The third kappa shape index (κ3) is 4.70. The van der Waals surface area contributed by atoms with E-state index in [1.807, 2.05) is 0 Å². The van der Waals surface area contributed by atoms with Crippen molar-refractivity contribution in [2.24, 2.45) is 0 Å². The molecule has 0 aromatic heterocycles. The molecular formula is C15H19F3OS. The van der Waals surface area contributed by atoms with Gasteiger partial charge in [0.2, 0.25) is 0 Å². The van der Waals surface area contributed by atoms with Crippen LogP contribution in [0.1, 0.15) is 36.8 Å². The van der Waals surface area contributed by atoms with Crippen LogP contribution in [0.3, 0.4) is 0 Å². The lowest BCUT2D eigenvalue weighted by atomic mass is 10.1. The minimum absolute atomic E-state index is 0.415. The number of aliphatic hydroxyl groups excluding tert-OH is 1. The second kappa shape index (κ2) is 6.85. The summed E-state index contributed by atoms with van der Waals surface area (Å²) in [4.78, 5) is 0. The highest BCUT2D eigenvalue weighted by molar-refractivity contribution is 7.99. The number of rotatable bonds is 5. The predicted molar refractivity (Wildman–Crippen MR) is 75.9 cm³/mol. The van der Waals surface area contributed by atoms with E-state index in [-0.39, 0.29) is 0 Å². The van der Waals surface area contributed by atoms with E-state index < -0.39 is 17.8 Å². The van der Waals surface area contributed by atoms with Crippen molar-refractivity contribution in [2.75, 3.05) is 5.75 Å². The molecule has 0 aliphatic heterocycles. The lowest BCUT2D eigenvalue weighted by Gasteiger charge is -2.14. The van der Waals surface area contributed by atoms with Crippen LogP contribution >= 0.6 is 11.8 Å². The third-order valence-corrected chi connectivity index (χ3v) is 5.10. The zero-order chi connectivity index (χ0) is 14.6. The number of benzene rings is 1. The van der Waals surface area contributed by atoms with Gasteiger partial charge in [0, 0.05) is 11.0 Å². The van der Waals surface area contributed by atoms with Crippen molar-refractivity contribution < 1.29 is 18.3 Å². The number of hydrogen-bond donors (Lipinski definition) is 1. The standard InChI is InChI=1S/C15H19F3OS/c16-15(17,18)12-7-5-11(6-8-12)9-13(19)10-20-14-3-1-2-4-14/h5-8,13-14,19H,1-4,9-10H2. The fourth-order valence-corrected chi connectivity index (χ4v) is 3.74. The van der Waals surface area contributed by atoms with Gasteiger partial charge in [-0.05, 0) is 37.0 Å². The fourth-order valence-electron chi connectivity index (χ4n) is 2.46. The molecule has 1 aliphatic rings.